The van der Waals surface area contributed by atoms with E-state index in [1.807, 2.05) is 6.07 Å². The zero-order valence-electron chi connectivity index (χ0n) is 15.1. The average Bonchev–Trinajstić information content (AvgIpc) is 3.07. The third-order valence-corrected chi connectivity index (χ3v) is 4.48. The van der Waals surface area contributed by atoms with E-state index in [0.29, 0.717) is 16.8 Å². The number of aromatic nitrogens is 2. The van der Waals surface area contributed by atoms with Crippen molar-refractivity contribution in [3.8, 4) is 0 Å². The van der Waals surface area contributed by atoms with Crippen LogP contribution in [0.5, 0.6) is 0 Å². The number of nitrogens with zero attached hydrogens (tertiary/aromatic N) is 2. The van der Waals surface area contributed by atoms with Crippen molar-refractivity contribution in [1.82, 2.24) is 9.55 Å². The molecule has 0 atom stereocenters. The molecular formula is C22H16F3N3O. The molecule has 0 aliphatic rings. The molecule has 1 heterocycles. The summed E-state index contributed by atoms with van der Waals surface area (Å²) in [5.41, 5.74) is 2.08. The number of anilines is 1. The summed E-state index contributed by atoms with van der Waals surface area (Å²) in [6.07, 6.45) is -4.60. The Kier molecular flexibility index (Phi) is 4.80. The number of hydrogen-bond acceptors (Lipinski definition) is 2. The Hall–Kier alpha value is -3.61. The number of hydrogen-bond donors (Lipinski definition) is 1. The predicted octanol–water partition coefficient (Wildman–Crippen LogP) is 5.36. The quantitative estimate of drug-likeness (QED) is 0.506. The van der Waals surface area contributed by atoms with Crippen LogP contribution in [0.1, 0.15) is 21.7 Å². The highest BCUT2D eigenvalue weighted by Crippen LogP contribution is 2.33. The lowest BCUT2D eigenvalue weighted by Gasteiger charge is -2.11. The van der Waals surface area contributed by atoms with E-state index >= 15 is 0 Å². The van der Waals surface area contributed by atoms with Crippen LogP contribution in [0.3, 0.4) is 0 Å². The second-order valence-corrected chi connectivity index (χ2v) is 6.53. The Morgan fingerprint density at radius 3 is 2.24 bits per heavy atom. The highest BCUT2D eigenvalue weighted by Gasteiger charge is 2.37. The van der Waals surface area contributed by atoms with E-state index < -0.39 is 12.0 Å². The first kappa shape index (κ1) is 18.7. The molecule has 0 aliphatic heterocycles. The number of benzene rings is 3. The highest BCUT2D eigenvalue weighted by molar-refractivity contribution is 6.04. The minimum atomic E-state index is -4.60. The monoisotopic (exact) mass is 395 g/mol. The molecule has 0 spiro atoms. The smallest absolute Gasteiger partial charge is 0.322 e. The lowest BCUT2D eigenvalue weighted by atomic mass is 10.2. The summed E-state index contributed by atoms with van der Waals surface area (Å²) < 4.78 is 41.9. The van der Waals surface area contributed by atoms with Crippen LogP contribution in [-0.4, -0.2) is 15.5 Å². The van der Waals surface area contributed by atoms with E-state index in [9.17, 15) is 18.0 Å². The van der Waals surface area contributed by atoms with Gasteiger partial charge in [-0.25, -0.2) is 4.98 Å². The van der Waals surface area contributed by atoms with Gasteiger partial charge in [-0.2, -0.15) is 13.2 Å². The Balaban J connectivity index is 1.71. The SMILES string of the molecule is O=C(Nc1ccc2c(c1)nc(C(F)(F)F)n2Cc1ccccc1)c1ccccc1. The number of amides is 1. The molecule has 0 aliphatic carbocycles. The van der Waals surface area contributed by atoms with Crippen LogP contribution >= 0.6 is 0 Å². The largest absolute Gasteiger partial charge is 0.449 e. The van der Waals surface area contributed by atoms with Crippen molar-refractivity contribution in [3.05, 3.63) is 95.8 Å². The molecule has 4 rings (SSSR count). The fraction of sp³-hybridized carbons (Fsp3) is 0.0909. The number of carbonyl (C=O) groups is 1. The summed E-state index contributed by atoms with van der Waals surface area (Å²) >= 11 is 0. The zero-order chi connectivity index (χ0) is 20.4. The van der Waals surface area contributed by atoms with Gasteiger partial charge in [0, 0.05) is 17.8 Å². The Morgan fingerprint density at radius 1 is 0.931 bits per heavy atom. The molecular weight excluding hydrogens is 379 g/mol. The van der Waals surface area contributed by atoms with Gasteiger partial charge >= 0.3 is 6.18 Å². The molecule has 7 heteroatoms. The van der Waals surface area contributed by atoms with Gasteiger partial charge in [-0.3, -0.25) is 4.79 Å². The number of alkyl halides is 3. The Morgan fingerprint density at radius 2 is 1.59 bits per heavy atom. The second kappa shape index (κ2) is 7.43. The van der Waals surface area contributed by atoms with Gasteiger partial charge in [0.05, 0.1) is 11.0 Å². The minimum Gasteiger partial charge on any atom is -0.322 e. The van der Waals surface area contributed by atoms with E-state index in [-0.39, 0.29) is 18.0 Å². The highest BCUT2D eigenvalue weighted by atomic mass is 19.4. The van der Waals surface area contributed by atoms with Gasteiger partial charge in [0.2, 0.25) is 5.82 Å². The molecule has 0 bridgehead atoms. The van der Waals surface area contributed by atoms with Crippen molar-refractivity contribution >= 4 is 22.6 Å². The van der Waals surface area contributed by atoms with Gasteiger partial charge in [0.1, 0.15) is 0 Å². The third-order valence-electron chi connectivity index (χ3n) is 4.48. The summed E-state index contributed by atoms with van der Waals surface area (Å²) in [6.45, 7) is 0.0436. The summed E-state index contributed by atoms with van der Waals surface area (Å²) in [5.74, 6) is -1.31. The maximum atomic E-state index is 13.6. The number of halogens is 3. The van der Waals surface area contributed by atoms with Crippen LogP contribution in [0.25, 0.3) is 11.0 Å². The van der Waals surface area contributed by atoms with Crippen molar-refractivity contribution in [2.45, 2.75) is 12.7 Å². The van der Waals surface area contributed by atoms with Crippen molar-refractivity contribution in [2.24, 2.45) is 0 Å². The number of rotatable bonds is 4. The van der Waals surface area contributed by atoms with Crippen LogP contribution in [0.2, 0.25) is 0 Å². The Labute approximate surface area is 164 Å². The Bertz CT molecular complexity index is 1150. The summed E-state index contributed by atoms with van der Waals surface area (Å²) in [5, 5.41) is 2.70. The molecule has 4 nitrogen and oxygen atoms in total. The number of fused-ring (bicyclic) bond motifs is 1. The molecule has 146 valence electrons. The number of carbonyl (C=O) groups excluding carboxylic acids is 1. The maximum absolute atomic E-state index is 13.6. The molecule has 1 N–H and O–H groups in total. The summed E-state index contributed by atoms with van der Waals surface area (Å²) in [6, 6.07) is 22.0. The summed E-state index contributed by atoms with van der Waals surface area (Å²) in [4.78, 5) is 16.1. The molecule has 1 aromatic heterocycles. The van der Waals surface area contributed by atoms with E-state index in [0.717, 1.165) is 10.1 Å². The van der Waals surface area contributed by atoms with Gasteiger partial charge in [-0.15, -0.1) is 0 Å². The van der Waals surface area contributed by atoms with Gasteiger partial charge in [0.15, 0.2) is 0 Å². The molecule has 3 aromatic carbocycles. The molecule has 0 unspecified atom stereocenters. The van der Waals surface area contributed by atoms with Crippen LogP contribution in [-0.2, 0) is 12.7 Å². The molecule has 4 aromatic rings. The van der Waals surface area contributed by atoms with E-state index in [1.54, 1.807) is 66.7 Å². The first-order chi connectivity index (χ1) is 13.9. The summed E-state index contributed by atoms with van der Waals surface area (Å²) in [7, 11) is 0. The third kappa shape index (κ3) is 3.99. The molecule has 0 radical (unpaired) electrons. The fourth-order valence-corrected chi connectivity index (χ4v) is 3.14. The van der Waals surface area contributed by atoms with E-state index in [4.69, 9.17) is 0 Å². The lowest BCUT2D eigenvalue weighted by molar-refractivity contribution is -0.146. The first-order valence-corrected chi connectivity index (χ1v) is 8.89. The minimum absolute atomic E-state index is 0.0436. The van der Waals surface area contributed by atoms with Crippen LogP contribution in [0, 0.1) is 0 Å². The normalized spacial score (nSPS) is 11.6. The predicted molar refractivity (Wildman–Crippen MR) is 105 cm³/mol. The van der Waals surface area contributed by atoms with E-state index in [1.165, 1.54) is 6.07 Å². The van der Waals surface area contributed by atoms with Crippen LogP contribution in [0.15, 0.2) is 78.9 Å². The maximum Gasteiger partial charge on any atom is 0.449 e. The molecule has 0 fully saturated rings. The number of nitrogens with one attached hydrogen (secondary N) is 1. The second-order valence-electron chi connectivity index (χ2n) is 6.53. The van der Waals surface area contributed by atoms with Crippen LogP contribution < -0.4 is 5.32 Å². The number of imidazole rings is 1. The topological polar surface area (TPSA) is 46.9 Å². The molecule has 29 heavy (non-hydrogen) atoms. The van der Waals surface area contributed by atoms with Gasteiger partial charge < -0.3 is 9.88 Å². The molecule has 0 saturated carbocycles. The van der Waals surface area contributed by atoms with Gasteiger partial charge in [-0.1, -0.05) is 48.5 Å². The van der Waals surface area contributed by atoms with Crippen molar-refractivity contribution < 1.29 is 18.0 Å². The average molecular weight is 395 g/mol. The van der Waals surface area contributed by atoms with Crippen molar-refractivity contribution in [2.75, 3.05) is 5.32 Å². The molecule has 1 amide bonds. The van der Waals surface area contributed by atoms with Gasteiger partial charge in [-0.05, 0) is 35.9 Å². The zero-order valence-corrected chi connectivity index (χ0v) is 15.1. The van der Waals surface area contributed by atoms with Crippen molar-refractivity contribution in [1.29, 1.82) is 0 Å². The van der Waals surface area contributed by atoms with Crippen molar-refractivity contribution in [3.63, 3.8) is 0 Å². The van der Waals surface area contributed by atoms with Gasteiger partial charge in [0.25, 0.3) is 5.91 Å². The van der Waals surface area contributed by atoms with E-state index in [2.05, 4.69) is 10.3 Å². The lowest BCUT2D eigenvalue weighted by Crippen LogP contribution is -2.15. The molecule has 0 saturated heterocycles. The standard InChI is InChI=1S/C22H16F3N3O/c23-22(24,25)21-27-18-13-17(26-20(29)16-9-5-2-6-10-16)11-12-19(18)28(21)14-15-7-3-1-4-8-15/h1-13H,14H2,(H,26,29). The first-order valence-electron chi connectivity index (χ1n) is 8.89. The fourth-order valence-electron chi connectivity index (χ4n) is 3.14. The van der Waals surface area contributed by atoms with Crippen LogP contribution in [0.4, 0.5) is 18.9 Å².